The first kappa shape index (κ1) is 20.9. The van der Waals surface area contributed by atoms with Gasteiger partial charge in [0, 0.05) is 35.0 Å². The van der Waals surface area contributed by atoms with E-state index in [0.29, 0.717) is 34.4 Å². The van der Waals surface area contributed by atoms with Crippen LogP contribution in [0.3, 0.4) is 0 Å². The monoisotopic (exact) mass is 463 g/mol. The van der Waals surface area contributed by atoms with E-state index in [2.05, 4.69) is 10.3 Å². The topological polar surface area (TPSA) is 68.3 Å². The van der Waals surface area contributed by atoms with E-state index in [1.54, 1.807) is 34.8 Å². The zero-order chi connectivity index (χ0) is 21.3. The molecular formula is C21H16Cl2FN3O2S. The first-order chi connectivity index (χ1) is 14.4. The van der Waals surface area contributed by atoms with E-state index in [4.69, 9.17) is 23.2 Å². The summed E-state index contributed by atoms with van der Waals surface area (Å²) in [5.41, 5.74) is 2.14. The molecule has 3 aromatic rings. The Morgan fingerprint density at radius 3 is 2.73 bits per heavy atom. The number of halogens is 3. The number of carbonyl (C=O) groups is 1. The van der Waals surface area contributed by atoms with Crippen LogP contribution in [0.25, 0.3) is 11.3 Å². The number of rotatable bonds is 4. The molecule has 0 spiro atoms. The third-order valence-electron chi connectivity index (χ3n) is 4.59. The molecule has 0 bridgehead atoms. The lowest BCUT2D eigenvalue weighted by molar-refractivity contribution is 0.102. The van der Waals surface area contributed by atoms with Crippen LogP contribution in [0.5, 0.6) is 0 Å². The molecule has 0 saturated carbocycles. The van der Waals surface area contributed by atoms with Crippen LogP contribution in [-0.2, 0) is 11.4 Å². The Morgan fingerprint density at radius 2 is 2.03 bits per heavy atom. The van der Waals surface area contributed by atoms with Crippen molar-refractivity contribution in [3.05, 3.63) is 76.2 Å². The van der Waals surface area contributed by atoms with Crippen molar-refractivity contribution < 1.29 is 13.7 Å². The maximum atomic E-state index is 14.4. The number of pyridine rings is 1. The van der Waals surface area contributed by atoms with Crippen LogP contribution in [0.4, 0.5) is 15.8 Å². The van der Waals surface area contributed by atoms with E-state index in [9.17, 15) is 13.7 Å². The van der Waals surface area contributed by atoms with Gasteiger partial charge in [-0.3, -0.25) is 9.78 Å². The largest absolute Gasteiger partial charge is 0.593 e. The van der Waals surface area contributed by atoms with E-state index in [1.807, 2.05) is 12.1 Å². The Morgan fingerprint density at radius 1 is 1.20 bits per heavy atom. The number of amides is 1. The Hall–Kier alpha value is -2.32. The molecule has 1 unspecified atom stereocenters. The number of nitrogens with one attached hydrogen (secondary N) is 1. The zero-order valence-corrected chi connectivity index (χ0v) is 17.9. The Bertz CT molecular complexity index is 1100. The average molecular weight is 464 g/mol. The van der Waals surface area contributed by atoms with Gasteiger partial charge in [0.15, 0.2) is 0 Å². The summed E-state index contributed by atoms with van der Waals surface area (Å²) in [7, 11) is 0. The maximum Gasteiger partial charge on any atom is 0.257 e. The fourth-order valence-corrected chi connectivity index (χ4v) is 4.92. The molecule has 1 aromatic heterocycles. The standard InChI is InChI=1S/C21H16Cl2FN3O2S/c22-14-8-13(19-4-1-2-5-25-19)9-15(10-14)26-21(28)17-11-16(12-18(24)20(17)23)27-6-3-7-30(27)29/h1-2,4-5,8-12H,3,6-7H2,(H,26,28). The molecule has 1 aliphatic heterocycles. The van der Waals surface area contributed by atoms with Crippen LogP contribution in [0.2, 0.25) is 10.0 Å². The number of benzene rings is 2. The van der Waals surface area contributed by atoms with E-state index < -0.39 is 23.1 Å². The van der Waals surface area contributed by atoms with Crippen LogP contribution in [0.15, 0.2) is 54.7 Å². The number of hydrogen-bond acceptors (Lipinski definition) is 4. The molecule has 2 heterocycles. The SMILES string of the molecule is O=C(Nc1cc(Cl)cc(-c2ccccn2)c1)c1cc(N2CCC[S+]2[O-])cc(F)c1Cl. The minimum absolute atomic E-state index is 0.0464. The van der Waals surface area contributed by atoms with Gasteiger partial charge in [-0.15, -0.1) is 0 Å². The zero-order valence-electron chi connectivity index (χ0n) is 15.6. The van der Waals surface area contributed by atoms with Crippen molar-refractivity contribution in [3.8, 4) is 11.3 Å². The Balaban J connectivity index is 1.64. The highest BCUT2D eigenvalue weighted by Gasteiger charge is 2.29. The van der Waals surface area contributed by atoms with Crippen molar-refractivity contribution >= 4 is 51.8 Å². The predicted molar refractivity (Wildman–Crippen MR) is 119 cm³/mol. The number of hydrogen-bond donors (Lipinski definition) is 1. The fraction of sp³-hybridized carbons (Fsp3) is 0.143. The molecule has 0 aliphatic carbocycles. The lowest BCUT2D eigenvalue weighted by atomic mass is 10.1. The maximum absolute atomic E-state index is 14.4. The molecule has 4 rings (SSSR count). The summed E-state index contributed by atoms with van der Waals surface area (Å²) in [4.78, 5) is 17.2. The average Bonchev–Trinajstić information content (AvgIpc) is 3.16. The lowest BCUT2D eigenvalue weighted by Gasteiger charge is -2.20. The van der Waals surface area contributed by atoms with E-state index in [1.165, 1.54) is 12.1 Å². The fourth-order valence-electron chi connectivity index (χ4n) is 3.22. The van der Waals surface area contributed by atoms with E-state index >= 15 is 0 Å². The molecule has 1 saturated heterocycles. The van der Waals surface area contributed by atoms with Gasteiger partial charge in [0.2, 0.25) is 0 Å². The lowest BCUT2D eigenvalue weighted by Crippen LogP contribution is -2.26. The van der Waals surface area contributed by atoms with Gasteiger partial charge >= 0.3 is 0 Å². The van der Waals surface area contributed by atoms with Crippen LogP contribution >= 0.6 is 23.2 Å². The second-order valence-electron chi connectivity index (χ2n) is 6.67. The van der Waals surface area contributed by atoms with E-state index in [-0.39, 0.29) is 10.6 Å². The van der Waals surface area contributed by atoms with Crippen LogP contribution in [-0.4, -0.2) is 27.7 Å². The molecule has 1 N–H and O–H groups in total. The van der Waals surface area contributed by atoms with Crippen molar-refractivity contribution in [1.82, 2.24) is 4.98 Å². The first-order valence-electron chi connectivity index (χ1n) is 9.11. The predicted octanol–water partition coefficient (Wildman–Crippen LogP) is 5.32. The minimum atomic E-state index is -1.25. The van der Waals surface area contributed by atoms with Gasteiger partial charge in [0.1, 0.15) is 11.6 Å². The Labute approximate surface area is 186 Å². The third kappa shape index (κ3) is 4.39. The first-order valence-corrected chi connectivity index (χ1v) is 11.1. The van der Waals surface area contributed by atoms with Crippen molar-refractivity contribution in [2.45, 2.75) is 6.42 Å². The second kappa shape index (κ2) is 8.81. The number of carbonyl (C=O) groups excluding carboxylic acids is 1. The summed E-state index contributed by atoms with van der Waals surface area (Å²) in [5.74, 6) is -0.839. The highest BCUT2D eigenvalue weighted by Crippen LogP contribution is 2.32. The molecule has 1 amide bonds. The summed E-state index contributed by atoms with van der Waals surface area (Å²) in [6.07, 6.45) is 2.39. The van der Waals surface area contributed by atoms with Crippen molar-refractivity contribution in [1.29, 1.82) is 0 Å². The highest BCUT2D eigenvalue weighted by molar-refractivity contribution is 7.93. The number of nitrogens with zero attached hydrogens (tertiary/aromatic N) is 2. The van der Waals surface area contributed by atoms with Gasteiger partial charge in [-0.05, 0) is 36.4 Å². The summed E-state index contributed by atoms with van der Waals surface area (Å²) < 4.78 is 28.1. The van der Waals surface area contributed by atoms with Gasteiger partial charge in [0.05, 0.1) is 39.9 Å². The molecule has 1 atom stereocenters. The van der Waals surface area contributed by atoms with E-state index in [0.717, 1.165) is 12.0 Å². The van der Waals surface area contributed by atoms with Crippen LogP contribution in [0.1, 0.15) is 16.8 Å². The third-order valence-corrected chi connectivity index (χ3v) is 6.71. The van der Waals surface area contributed by atoms with Crippen LogP contribution in [0, 0.1) is 5.82 Å². The molecule has 0 radical (unpaired) electrons. The van der Waals surface area contributed by atoms with Gasteiger partial charge in [-0.25, -0.2) is 4.39 Å². The second-order valence-corrected chi connectivity index (χ2v) is 8.97. The van der Waals surface area contributed by atoms with Crippen molar-refractivity contribution in [2.75, 3.05) is 21.9 Å². The summed E-state index contributed by atoms with van der Waals surface area (Å²) in [6.45, 7) is 0.524. The molecule has 1 aliphatic rings. The number of aromatic nitrogens is 1. The van der Waals surface area contributed by atoms with Crippen molar-refractivity contribution in [2.24, 2.45) is 0 Å². The molecule has 154 valence electrons. The molecular weight excluding hydrogens is 448 g/mol. The molecule has 9 heteroatoms. The molecule has 30 heavy (non-hydrogen) atoms. The number of anilines is 2. The highest BCUT2D eigenvalue weighted by atomic mass is 35.5. The molecule has 5 nitrogen and oxygen atoms in total. The van der Waals surface area contributed by atoms with Gasteiger partial charge in [0.25, 0.3) is 5.91 Å². The normalized spacial score (nSPS) is 16.0. The van der Waals surface area contributed by atoms with Gasteiger partial charge in [-0.2, -0.15) is 4.31 Å². The summed E-state index contributed by atoms with van der Waals surface area (Å²) >= 11 is 11.0. The van der Waals surface area contributed by atoms with Crippen molar-refractivity contribution in [3.63, 3.8) is 0 Å². The molecule has 2 aromatic carbocycles. The quantitative estimate of drug-likeness (QED) is 0.531. The molecule has 1 fully saturated rings. The summed E-state index contributed by atoms with van der Waals surface area (Å²) in [6, 6.07) is 13.1. The van der Waals surface area contributed by atoms with Gasteiger partial charge < -0.3 is 9.87 Å². The van der Waals surface area contributed by atoms with Crippen LogP contribution < -0.4 is 9.62 Å². The minimum Gasteiger partial charge on any atom is -0.593 e. The smallest absolute Gasteiger partial charge is 0.257 e. The summed E-state index contributed by atoms with van der Waals surface area (Å²) in [5, 5.41) is 2.82. The Kier molecular flexibility index (Phi) is 6.15. The van der Waals surface area contributed by atoms with Gasteiger partial charge in [-0.1, -0.05) is 29.3 Å².